The fourth-order valence-corrected chi connectivity index (χ4v) is 4.68. The zero-order valence-corrected chi connectivity index (χ0v) is 19.6. The first-order valence-electron chi connectivity index (χ1n) is 11.6. The minimum atomic E-state index is -0.248. The molecule has 1 aliphatic heterocycles. The highest BCUT2D eigenvalue weighted by Crippen LogP contribution is 2.36. The second-order valence-corrected chi connectivity index (χ2v) is 9.54. The molecule has 0 saturated carbocycles. The van der Waals surface area contributed by atoms with Crippen LogP contribution in [-0.2, 0) is 17.8 Å². The van der Waals surface area contributed by atoms with Gasteiger partial charge >= 0.3 is 0 Å². The summed E-state index contributed by atoms with van der Waals surface area (Å²) in [4.78, 5) is 19.7. The van der Waals surface area contributed by atoms with Crippen LogP contribution in [0.15, 0.2) is 48.8 Å². The van der Waals surface area contributed by atoms with Crippen LogP contribution in [0.4, 0.5) is 0 Å². The maximum absolute atomic E-state index is 13.1. The van der Waals surface area contributed by atoms with Crippen molar-refractivity contribution in [2.45, 2.75) is 45.3 Å². The van der Waals surface area contributed by atoms with Gasteiger partial charge in [-0.15, -0.1) is 0 Å². The largest absolute Gasteiger partial charge is 0.353 e. The van der Waals surface area contributed by atoms with E-state index in [-0.39, 0.29) is 18.0 Å². The Kier molecular flexibility index (Phi) is 6.92. The van der Waals surface area contributed by atoms with Gasteiger partial charge in [-0.25, -0.2) is 0 Å². The Bertz CT molecular complexity index is 1060. The average molecular weight is 434 g/mol. The van der Waals surface area contributed by atoms with Crippen molar-refractivity contribution in [1.29, 1.82) is 0 Å². The molecule has 0 aliphatic carbocycles. The summed E-state index contributed by atoms with van der Waals surface area (Å²) in [6.45, 7) is 6.70. The fourth-order valence-electron chi connectivity index (χ4n) is 4.68. The van der Waals surface area contributed by atoms with Gasteiger partial charge in [-0.2, -0.15) is 0 Å². The molecule has 3 heterocycles. The van der Waals surface area contributed by atoms with E-state index in [4.69, 9.17) is 0 Å². The minimum absolute atomic E-state index is 0.0824. The smallest absolute Gasteiger partial charge is 0.237 e. The molecule has 0 saturated heterocycles. The normalized spacial score (nSPS) is 18.3. The molecule has 1 amide bonds. The number of nitrogens with one attached hydrogen (secondary N) is 2. The summed E-state index contributed by atoms with van der Waals surface area (Å²) in [5.41, 5.74) is 4.79. The SMILES string of the molecule is CC(C)CC1NC(C(=O)NCCN(C)C)Cc2cn(Cc3ccccn3)c3cccc1c23. The van der Waals surface area contributed by atoms with Crippen LogP contribution in [0.1, 0.15) is 43.1 Å². The van der Waals surface area contributed by atoms with E-state index in [9.17, 15) is 4.79 Å². The number of benzene rings is 1. The molecular formula is C26H35N5O. The van der Waals surface area contributed by atoms with Crippen LogP contribution in [0.25, 0.3) is 10.9 Å². The number of hydrogen-bond acceptors (Lipinski definition) is 4. The van der Waals surface area contributed by atoms with E-state index in [1.54, 1.807) is 0 Å². The summed E-state index contributed by atoms with van der Waals surface area (Å²) in [5.74, 6) is 0.608. The Labute approximate surface area is 191 Å². The lowest BCUT2D eigenvalue weighted by Crippen LogP contribution is -2.47. The molecule has 0 radical (unpaired) electrons. The van der Waals surface area contributed by atoms with E-state index >= 15 is 0 Å². The van der Waals surface area contributed by atoms with Crippen molar-refractivity contribution >= 4 is 16.8 Å². The molecule has 1 aromatic carbocycles. The maximum atomic E-state index is 13.1. The van der Waals surface area contributed by atoms with Gasteiger partial charge in [0.1, 0.15) is 0 Å². The van der Waals surface area contributed by atoms with Gasteiger partial charge in [0.15, 0.2) is 0 Å². The average Bonchev–Trinajstić information content (AvgIpc) is 3.01. The lowest BCUT2D eigenvalue weighted by atomic mass is 9.94. The molecule has 0 spiro atoms. The summed E-state index contributed by atoms with van der Waals surface area (Å²) in [6.07, 6.45) is 5.74. The van der Waals surface area contributed by atoms with Crippen LogP contribution >= 0.6 is 0 Å². The third-order valence-corrected chi connectivity index (χ3v) is 6.16. The fraction of sp³-hybridized carbons (Fsp3) is 0.462. The molecule has 170 valence electrons. The number of carbonyl (C=O) groups is 1. The first-order chi connectivity index (χ1) is 15.4. The molecule has 3 aromatic rings. The summed E-state index contributed by atoms with van der Waals surface area (Å²) in [7, 11) is 4.04. The molecule has 2 N–H and O–H groups in total. The molecular weight excluding hydrogens is 398 g/mol. The van der Waals surface area contributed by atoms with Gasteiger partial charge in [-0.05, 0) is 62.2 Å². The highest BCUT2D eigenvalue weighted by Gasteiger charge is 2.30. The van der Waals surface area contributed by atoms with Crippen LogP contribution < -0.4 is 10.6 Å². The highest BCUT2D eigenvalue weighted by atomic mass is 16.2. The van der Waals surface area contributed by atoms with E-state index < -0.39 is 0 Å². The predicted octanol–water partition coefficient (Wildman–Crippen LogP) is 3.36. The Hall–Kier alpha value is -2.70. The van der Waals surface area contributed by atoms with Crippen molar-refractivity contribution < 1.29 is 4.79 Å². The van der Waals surface area contributed by atoms with Gasteiger partial charge in [-0.1, -0.05) is 32.0 Å². The second-order valence-electron chi connectivity index (χ2n) is 9.54. The van der Waals surface area contributed by atoms with Gasteiger partial charge in [-0.3, -0.25) is 15.1 Å². The quantitative estimate of drug-likeness (QED) is 0.572. The van der Waals surface area contributed by atoms with Crippen LogP contribution in [0.5, 0.6) is 0 Å². The standard InChI is InChI=1S/C26H35N5O/c1-18(2)14-22-21-9-7-10-24-25(21)19(16-31(24)17-20-8-5-6-11-27-20)15-23(29-22)26(32)28-12-13-30(3)4/h5-11,16,18,22-23,29H,12-15,17H2,1-4H3,(H,28,32). The summed E-state index contributed by atoms with van der Waals surface area (Å²) >= 11 is 0. The monoisotopic (exact) mass is 433 g/mol. The minimum Gasteiger partial charge on any atom is -0.353 e. The number of nitrogens with zero attached hydrogens (tertiary/aromatic N) is 3. The Morgan fingerprint density at radius 3 is 2.81 bits per heavy atom. The first kappa shape index (κ1) is 22.5. The molecule has 2 unspecified atom stereocenters. The summed E-state index contributed by atoms with van der Waals surface area (Å²) in [6, 6.07) is 12.5. The predicted molar refractivity (Wildman–Crippen MR) is 130 cm³/mol. The number of aromatic nitrogens is 2. The van der Waals surface area contributed by atoms with Gasteiger partial charge in [0.2, 0.25) is 5.91 Å². The number of hydrogen-bond donors (Lipinski definition) is 2. The molecule has 0 bridgehead atoms. The third-order valence-electron chi connectivity index (χ3n) is 6.16. The van der Waals surface area contributed by atoms with Crippen LogP contribution in [0.2, 0.25) is 0 Å². The summed E-state index contributed by atoms with van der Waals surface area (Å²) < 4.78 is 2.29. The molecule has 32 heavy (non-hydrogen) atoms. The topological polar surface area (TPSA) is 62.2 Å². The number of likely N-dealkylation sites (N-methyl/N-ethyl adjacent to an activating group) is 1. The van der Waals surface area contributed by atoms with Crippen LogP contribution in [0.3, 0.4) is 0 Å². The number of carbonyl (C=O) groups excluding carboxylic acids is 1. The van der Waals surface area contributed by atoms with E-state index in [2.05, 4.69) is 69.4 Å². The molecule has 2 atom stereocenters. The van der Waals surface area contributed by atoms with Crippen LogP contribution in [-0.4, -0.2) is 53.6 Å². The first-order valence-corrected chi connectivity index (χ1v) is 11.6. The maximum Gasteiger partial charge on any atom is 0.237 e. The molecule has 6 heteroatoms. The molecule has 6 nitrogen and oxygen atoms in total. The Morgan fingerprint density at radius 2 is 2.09 bits per heavy atom. The zero-order chi connectivity index (χ0) is 22.7. The lowest BCUT2D eigenvalue weighted by molar-refractivity contribution is -0.123. The van der Waals surface area contributed by atoms with Crippen molar-refractivity contribution in [2.24, 2.45) is 5.92 Å². The number of rotatable bonds is 8. The Morgan fingerprint density at radius 1 is 1.25 bits per heavy atom. The second kappa shape index (κ2) is 9.84. The molecule has 1 aliphatic rings. The Balaban J connectivity index is 1.69. The molecule has 2 aromatic heterocycles. The van der Waals surface area contributed by atoms with E-state index in [1.807, 2.05) is 32.4 Å². The van der Waals surface area contributed by atoms with Crippen molar-refractivity contribution in [1.82, 2.24) is 25.1 Å². The molecule has 0 fully saturated rings. The number of amides is 1. The van der Waals surface area contributed by atoms with Crippen molar-refractivity contribution in [2.75, 3.05) is 27.2 Å². The summed E-state index contributed by atoms with van der Waals surface area (Å²) in [5, 5.41) is 8.13. The molecule has 4 rings (SSSR count). The van der Waals surface area contributed by atoms with Gasteiger partial charge in [0.25, 0.3) is 0 Å². The lowest BCUT2D eigenvalue weighted by Gasteiger charge is -2.25. The van der Waals surface area contributed by atoms with Crippen molar-refractivity contribution in [3.05, 3.63) is 65.6 Å². The van der Waals surface area contributed by atoms with E-state index in [1.165, 1.54) is 22.0 Å². The van der Waals surface area contributed by atoms with Crippen molar-refractivity contribution in [3.8, 4) is 0 Å². The zero-order valence-electron chi connectivity index (χ0n) is 19.6. The van der Waals surface area contributed by atoms with Gasteiger partial charge in [0, 0.05) is 42.4 Å². The van der Waals surface area contributed by atoms with E-state index in [0.717, 1.165) is 25.2 Å². The number of pyridine rings is 1. The highest BCUT2D eigenvalue weighted by molar-refractivity contribution is 5.90. The third kappa shape index (κ3) is 5.03. The van der Waals surface area contributed by atoms with Crippen LogP contribution in [0, 0.1) is 5.92 Å². The van der Waals surface area contributed by atoms with E-state index in [0.29, 0.717) is 18.9 Å². The van der Waals surface area contributed by atoms with Gasteiger partial charge in [0.05, 0.1) is 18.3 Å². The van der Waals surface area contributed by atoms with Gasteiger partial charge < -0.3 is 14.8 Å². The van der Waals surface area contributed by atoms with Crippen molar-refractivity contribution in [3.63, 3.8) is 0 Å².